The molecule has 0 N–H and O–H groups in total. The van der Waals surface area contributed by atoms with Gasteiger partial charge in [0.25, 0.3) is 0 Å². The van der Waals surface area contributed by atoms with Gasteiger partial charge in [-0.1, -0.05) is 44.0 Å². The summed E-state index contributed by atoms with van der Waals surface area (Å²) in [5.41, 5.74) is 2.96. The maximum absolute atomic E-state index is 12.3. The third kappa shape index (κ3) is 5.77. The minimum Gasteiger partial charge on any atom is -0.487 e. The fourth-order valence-corrected chi connectivity index (χ4v) is 5.70. The van der Waals surface area contributed by atoms with Crippen molar-refractivity contribution in [1.29, 1.82) is 0 Å². The Morgan fingerprint density at radius 2 is 1.68 bits per heavy atom. The Kier molecular flexibility index (Phi) is 7.50. The van der Waals surface area contributed by atoms with Crippen LogP contribution < -0.4 is 4.74 Å². The molecule has 8 heteroatoms. The van der Waals surface area contributed by atoms with Gasteiger partial charge in [-0.15, -0.1) is 0 Å². The Labute approximate surface area is 223 Å². The quantitative estimate of drug-likeness (QED) is 0.155. The standard InChI is InChI=1S/C23H13Br2I2NO3/c24-16-6-4-15(5-7-16)22-28-20(23(29)31-22)11-14-9-18(26)21(19(27)10-14)30-12-13-2-1-3-17(25)8-13/h1-11H,12H2/b20-11-. The molecule has 156 valence electrons. The largest absolute Gasteiger partial charge is 0.487 e. The second-order valence-electron chi connectivity index (χ2n) is 6.58. The van der Waals surface area contributed by atoms with Gasteiger partial charge in [-0.25, -0.2) is 9.79 Å². The smallest absolute Gasteiger partial charge is 0.363 e. The summed E-state index contributed by atoms with van der Waals surface area (Å²) >= 11 is 11.4. The molecular formula is C23H13Br2I2NO3. The second kappa shape index (κ2) is 10.1. The molecule has 0 atom stereocenters. The predicted octanol–water partition coefficient (Wildman–Crippen LogP) is 7.34. The van der Waals surface area contributed by atoms with E-state index in [4.69, 9.17) is 9.47 Å². The molecule has 1 heterocycles. The summed E-state index contributed by atoms with van der Waals surface area (Å²) < 4.78 is 15.3. The molecule has 0 spiro atoms. The summed E-state index contributed by atoms with van der Waals surface area (Å²) in [6, 6.07) is 19.4. The van der Waals surface area contributed by atoms with Crippen molar-refractivity contribution < 1.29 is 14.3 Å². The van der Waals surface area contributed by atoms with Crippen molar-refractivity contribution in [3.05, 3.63) is 99.1 Å². The Bertz CT molecular complexity index is 1200. The zero-order valence-corrected chi connectivity index (χ0v) is 23.2. The highest BCUT2D eigenvalue weighted by atomic mass is 127. The van der Waals surface area contributed by atoms with Crippen molar-refractivity contribution in [2.45, 2.75) is 6.61 Å². The molecule has 0 unspecified atom stereocenters. The van der Waals surface area contributed by atoms with Crippen molar-refractivity contribution in [1.82, 2.24) is 0 Å². The van der Waals surface area contributed by atoms with E-state index in [0.29, 0.717) is 12.5 Å². The van der Waals surface area contributed by atoms with Crippen LogP contribution in [-0.2, 0) is 16.1 Å². The number of hydrogen-bond donors (Lipinski definition) is 0. The Balaban J connectivity index is 1.55. The lowest BCUT2D eigenvalue weighted by Gasteiger charge is -2.12. The van der Waals surface area contributed by atoms with Gasteiger partial charge in [0, 0.05) is 14.5 Å². The molecule has 0 fully saturated rings. The summed E-state index contributed by atoms with van der Waals surface area (Å²) in [4.78, 5) is 16.7. The lowest BCUT2D eigenvalue weighted by molar-refractivity contribution is -0.129. The molecule has 0 saturated carbocycles. The molecule has 3 aromatic carbocycles. The highest BCUT2D eigenvalue weighted by molar-refractivity contribution is 14.1. The molecule has 0 aliphatic carbocycles. The Hall–Kier alpha value is -1.24. The van der Waals surface area contributed by atoms with Gasteiger partial charge in [-0.05, 0) is 111 Å². The summed E-state index contributed by atoms with van der Waals surface area (Å²) in [6.45, 7) is 0.471. The maximum Gasteiger partial charge on any atom is 0.363 e. The van der Waals surface area contributed by atoms with Gasteiger partial charge in [0.2, 0.25) is 5.90 Å². The van der Waals surface area contributed by atoms with Gasteiger partial charge in [0.05, 0.1) is 7.14 Å². The molecule has 0 radical (unpaired) electrons. The van der Waals surface area contributed by atoms with Crippen LogP contribution >= 0.6 is 77.0 Å². The molecule has 4 nitrogen and oxygen atoms in total. The number of esters is 1. The maximum atomic E-state index is 12.3. The van der Waals surface area contributed by atoms with Gasteiger partial charge in [-0.2, -0.15) is 0 Å². The first-order valence-electron chi connectivity index (χ1n) is 9.04. The van der Waals surface area contributed by atoms with E-state index >= 15 is 0 Å². The van der Waals surface area contributed by atoms with Crippen molar-refractivity contribution in [2.24, 2.45) is 4.99 Å². The predicted molar refractivity (Wildman–Crippen MR) is 145 cm³/mol. The fraction of sp³-hybridized carbons (Fsp3) is 0.0435. The van der Waals surface area contributed by atoms with Crippen molar-refractivity contribution in [3.8, 4) is 5.75 Å². The van der Waals surface area contributed by atoms with E-state index in [0.717, 1.165) is 38.5 Å². The zero-order chi connectivity index (χ0) is 22.0. The number of aliphatic imine (C=N–C) groups is 1. The average Bonchev–Trinajstić information content (AvgIpc) is 3.08. The number of nitrogens with zero attached hydrogens (tertiary/aromatic N) is 1. The van der Waals surface area contributed by atoms with Crippen molar-refractivity contribution in [3.63, 3.8) is 0 Å². The first-order chi connectivity index (χ1) is 14.9. The number of carbonyl (C=O) groups excluding carboxylic acids is 1. The van der Waals surface area contributed by atoms with Crippen molar-refractivity contribution in [2.75, 3.05) is 0 Å². The minimum atomic E-state index is -0.460. The van der Waals surface area contributed by atoms with Crippen molar-refractivity contribution >= 4 is 95.0 Å². The lowest BCUT2D eigenvalue weighted by atomic mass is 10.2. The first-order valence-corrected chi connectivity index (χ1v) is 12.8. The molecular weight excluding hydrogens is 752 g/mol. The van der Waals surface area contributed by atoms with E-state index in [1.165, 1.54) is 0 Å². The van der Waals surface area contributed by atoms with E-state index < -0.39 is 5.97 Å². The van der Waals surface area contributed by atoms with Gasteiger partial charge < -0.3 is 9.47 Å². The van der Waals surface area contributed by atoms with Crippen LogP contribution in [-0.4, -0.2) is 11.9 Å². The van der Waals surface area contributed by atoms with Gasteiger partial charge in [0.1, 0.15) is 12.4 Å². The van der Waals surface area contributed by atoms with Gasteiger partial charge in [-0.3, -0.25) is 0 Å². The molecule has 3 aromatic rings. The number of rotatable bonds is 5. The highest BCUT2D eigenvalue weighted by Crippen LogP contribution is 2.31. The Morgan fingerprint density at radius 1 is 0.968 bits per heavy atom. The zero-order valence-electron chi connectivity index (χ0n) is 15.7. The number of halogens is 4. The summed E-state index contributed by atoms with van der Waals surface area (Å²) in [7, 11) is 0. The van der Waals surface area contributed by atoms with Gasteiger partial charge >= 0.3 is 5.97 Å². The molecule has 4 rings (SSSR count). The van der Waals surface area contributed by atoms with Crippen LogP contribution in [0.4, 0.5) is 0 Å². The molecule has 1 aliphatic heterocycles. The van der Waals surface area contributed by atoms with Crippen LogP contribution in [0.15, 0.2) is 80.3 Å². The van der Waals surface area contributed by atoms with Gasteiger partial charge in [0.15, 0.2) is 5.70 Å². The highest BCUT2D eigenvalue weighted by Gasteiger charge is 2.24. The van der Waals surface area contributed by atoms with Crippen LogP contribution in [0.25, 0.3) is 6.08 Å². The van der Waals surface area contributed by atoms with Crippen LogP contribution in [0.2, 0.25) is 0 Å². The number of benzene rings is 3. The SMILES string of the molecule is O=C1OC(c2ccc(Br)cc2)=N/C1=C\c1cc(I)c(OCc2cccc(Br)c2)c(I)c1. The normalized spacial score (nSPS) is 14.5. The molecule has 0 saturated heterocycles. The fourth-order valence-electron chi connectivity index (χ4n) is 2.87. The molecule has 0 amide bonds. The van der Waals surface area contributed by atoms with E-state index in [1.807, 2.05) is 60.7 Å². The van der Waals surface area contributed by atoms with Crippen LogP contribution in [0.1, 0.15) is 16.7 Å². The second-order valence-corrected chi connectivity index (χ2v) is 10.7. The topological polar surface area (TPSA) is 47.9 Å². The number of ether oxygens (including phenoxy) is 2. The molecule has 0 aromatic heterocycles. The van der Waals surface area contributed by atoms with Crippen LogP contribution in [0.5, 0.6) is 5.75 Å². The van der Waals surface area contributed by atoms with E-state index in [9.17, 15) is 4.79 Å². The lowest BCUT2D eigenvalue weighted by Crippen LogP contribution is -2.05. The summed E-state index contributed by atoms with van der Waals surface area (Å²) in [6.07, 6.45) is 1.73. The summed E-state index contributed by atoms with van der Waals surface area (Å²) in [5.74, 6) is 0.663. The minimum absolute atomic E-state index is 0.271. The Morgan fingerprint density at radius 3 is 2.35 bits per heavy atom. The monoisotopic (exact) mass is 763 g/mol. The van der Waals surface area contributed by atoms with Crippen LogP contribution in [0, 0.1) is 7.14 Å². The third-order valence-corrected chi connectivity index (χ3v) is 6.93. The molecule has 1 aliphatic rings. The number of hydrogen-bond acceptors (Lipinski definition) is 4. The number of cyclic esters (lactones) is 1. The number of carbonyl (C=O) groups is 1. The third-order valence-electron chi connectivity index (χ3n) is 4.31. The summed E-state index contributed by atoms with van der Waals surface area (Å²) in [5, 5.41) is 0. The van der Waals surface area contributed by atoms with E-state index in [2.05, 4.69) is 82.0 Å². The van der Waals surface area contributed by atoms with Crippen LogP contribution in [0.3, 0.4) is 0 Å². The van der Waals surface area contributed by atoms with E-state index in [-0.39, 0.29) is 5.70 Å². The molecule has 31 heavy (non-hydrogen) atoms. The first kappa shape index (κ1) is 22.9. The average molecular weight is 765 g/mol. The van der Waals surface area contributed by atoms with E-state index in [1.54, 1.807) is 6.08 Å². The molecule has 0 bridgehead atoms.